The van der Waals surface area contributed by atoms with Gasteiger partial charge in [0.1, 0.15) is 9.98 Å². The minimum atomic E-state index is -0.551. The van der Waals surface area contributed by atoms with Crippen molar-refractivity contribution in [1.29, 1.82) is 0 Å². The van der Waals surface area contributed by atoms with Crippen molar-refractivity contribution < 1.29 is 113 Å². The molecule has 0 N–H and O–H groups in total. The molecule has 0 amide bonds. The molecule has 0 aromatic heterocycles. The Kier molecular flexibility index (Phi) is 11.5. The molecule has 25 heavy (non-hydrogen) atoms. The molecule has 2 saturated carbocycles. The number of rotatable bonds is 6. The molecule has 128 valence electrons. The van der Waals surface area contributed by atoms with E-state index in [0.29, 0.717) is 9.98 Å². The first-order valence-electron chi connectivity index (χ1n) is 7.63. The number of nitrogens with zero attached hydrogens (tertiary/aromatic N) is 4. The number of hydrogen-bond acceptors (Lipinski definition) is 6. The molecule has 0 saturated heterocycles. The Morgan fingerprint density at radius 2 is 1.12 bits per heavy atom. The smallest absolute Gasteiger partial charge is 0.860 e. The number of hydrazone groups is 2. The third kappa shape index (κ3) is 7.73. The van der Waals surface area contributed by atoms with Crippen LogP contribution in [0.25, 0.3) is 0 Å². The summed E-state index contributed by atoms with van der Waals surface area (Å²) in [6.45, 7) is 4.08. The van der Waals surface area contributed by atoms with Crippen molar-refractivity contribution in [3.8, 4) is 0 Å². The Hall–Kier alpha value is 1.99. The first-order chi connectivity index (χ1) is 10.6. The van der Waals surface area contributed by atoms with E-state index in [1.807, 2.05) is 13.8 Å². The molecule has 0 radical (unpaired) electrons. The molecule has 0 aromatic rings. The molecule has 0 aromatic carbocycles. The summed E-state index contributed by atoms with van der Waals surface area (Å²) < 4.78 is 0. The number of hydrogen-bond donors (Lipinski definition) is 0. The molecule has 0 unspecified atom stereocenters. The Balaban J connectivity index is 0.00000288. The van der Waals surface area contributed by atoms with Gasteiger partial charge in [0.25, 0.3) is 0 Å². The fraction of sp³-hybridized carbons (Fsp3) is 0.733. The molecular weight excluding hydrogens is 411 g/mol. The van der Waals surface area contributed by atoms with E-state index in [9.17, 15) is 10.2 Å². The zero-order valence-corrected chi connectivity index (χ0v) is 23.8. The van der Waals surface area contributed by atoms with Gasteiger partial charge in [-0.25, -0.2) is 0 Å². The van der Waals surface area contributed by atoms with E-state index in [0.717, 1.165) is 25.7 Å². The second-order valence-electron chi connectivity index (χ2n) is 6.94. The van der Waals surface area contributed by atoms with E-state index in [4.69, 9.17) is 24.4 Å². The second kappa shape index (κ2) is 10.7. The predicted octanol–water partition coefficient (Wildman–Crippen LogP) is -5.15. The molecule has 2 rings (SSSR count). The van der Waals surface area contributed by atoms with Gasteiger partial charge in [0.05, 0.1) is 0 Å². The molecule has 0 bridgehead atoms. The summed E-state index contributed by atoms with van der Waals surface area (Å²) in [6, 6.07) is 0. The van der Waals surface area contributed by atoms with Crippen LogP contribution < -0.4 is 113 Å². The van der Waals surface area contributed by atoms with Crippen LogP contribution in [-0.2, 0) is 0 Å². The summed E-state index contributed by atoms with van der Waals surface area (Å²) in [7, 11) is 3.28. The molecule has 10 heteroatoms. The average Bonchev–Trinajstić information content (AvgIpc) is 3.37. The Morgan fingerprint density at radius 3 is 1.36 bits per heavy atom. The van der Waals surface area contributed by atoms with Crippen LogP contribution in [0.5, 0.6) is 0 Å². The maximum Gasteiger partial charge on any atom is 1.00 e. The van der Waals surface area contributed by atoms with Crippen LogP contribution in [0.1, 0.15) is 46.0 Å². The zero-order valence-electron chi connectivity index (χ0n) is 16.0. The van der Waals surface area contributed by atoms with E-state index >= 15 is 0 Å². The standard InChI is InChI=1S/C15H24N4O2S2.2K/c1-14(5-6-14)12(22)18(3)16-10(20)9-11(21)17-19(4)13(23)15(2)7-8-15;;/h5-9H2,1-4H3,(H,16,20)(H,17,21);;/q;2*+1/p-2. The molecule has 0 heterocycles. The van der Waals surface area contributed by atoms with Crippen molar-refractivity contribution in [3.63, 3.8) is 0 Å². The average molecular weight is 433 g/mol. The minimum Gasteiger partial charge on any atom is -0.860 e. The molecular formula is C15H22K2N4O2S2. The Labute approximate surface area is 245 Å². The summed E-state index contributed by atoms with van der Waals surface area (Å²) in [5.41, 5.74) is -0.0667. The fourth-order valence-corrected chi connectivity index (χ4v) is 2.70. The van der Waals surface area contributed by atoms with Crippen LogP contribution in [0.4, 0.5) is 0 Å². The maximum absolute atomic E-state index is 11.9. The van der Waals surface area contributed by atoms with E-state index < -0.39 is 11.8 Å². The summed E-state index contributed by atoms with van der Waals surface area (Å²) in [5.74, 6) is -1.10. The van der Waals surface area contributed by atoms with E-state index in [-0.39, 0.29) is 120 Å². The molecule has 6 nitrogen and oxygen atoms in total. The van der Waals surface area contributed by atoms with Crippen molar-refractivity contribution in [2.75, 3.05) is 14.1 Å². The zero-order chi connectivity index (χ0) is 17.4. The van der Waals surface area contributed by atoms with Crippen molar-refractivity contribution in [2.24, 2.45) is 21.0 Å². The Bertz CT molecular complexity index is 540. The summed E-state index contributed by atoms with van der Waals surface area (Å²) >= 11 is 10.6. The van der Waals surface area contributed by atoms with Gasteiger partial charge in [0.2, 0.25) is 0 Å². The Morgan fingerprint density at radius 1 is 0.840 bits per heavy atom. The van der Waals surface area contributed by atoms with Gasteiger partial charge in [-0.05, 0) is 37.5 Å². The van der Waals surface area contributed by atoms with Crippen molar-refractivity contribution in [3.05, 3.63) is 0 Å². The minimum absolute atomic E-state index is 0. The number of thiocarbonyl (C=S) groups is 2. The van der Waals surface area contributed by atoms with Gasteiger partial charge in [-0.2, -0.15) is 10.2 Å². The van der Waals surface area contributed by atoms with Gasteiger partial charge in [-0.15, -0.1) is 0 Å². The predicted molar refractivity (Wildman–Crippen MR) is 94.9 cm³/mol. The topological polar surface area (TPSA) is 77.3 Å². The first kappa shape index (κ1) is 27.0. The van der Waals surface area contributed by atoms with Crippen molar-refractivity contribution in [2.45, 2.75) is 46.0 Å². The van der Waals surface area contributed by atoms with Crippen LogP contribution in [0.3, 0.4) is 0 Å². The quantitative estimate of drug-likeness (QED) is 0.137. The molecule has 0 spiro atoms. The SMILES string of the molecule is CN(/N=C(\[O-])C/C([O-])=N/N(C)C(=S)C1(C)CC1)C(=S)C1(C)CC1.[K+].[K+]. The van der Waals surface area contributed by atoms with Crippen molar-refractivity contribution in [1.82, 2.24) is 10.0 Å². The van der Waals surface area contributed by atoms with Gasteiger partial charge < -0.3 is 10.2 Å². The van der Waals surface area contributed by atoms with Gasteiger partial charge in [0, 0.05) is 31.3 Å². The fourth-order valence-electron chi connectivity index (χ4n) is 2.21. The molecule has 2 fully saturated rings. The van der Waals surface area contributed by atoms with Gasteiger partial charge in [-0.3, -0.25) is 10.0 Å². The van der Waals surface area contributed by atoms with Gasteiger partial charge in [0.15, 0.2) is 0 Å². The van der Waals surface area contributed by atoms with Crippen LogP contribution in [-0.4, -0.2) is 45.9 Å². The molecule has 0 aliphatic heterocycles. The van der Waals surface area contributed by atoms with E-state index in [2.05, 4.69) is 10.2 Å². The van der Waals surface area contributed by atoms with Crippen LogP contribution >= 0.6 is 24.4 Å². The monoisotopic (exact) mass is 432 g/mol. The molecule has 2 aliphatic rings. The third-order valence-electron chi connectivity index (χ3n) is 4.45. The van der Waals surface area contributed by atoms with Crippen LogP contribution in [0.2, 0.25) is 0 Å². The normalized spacial score (nSPS) is 19.8. The van der Waals surface area contributed by atoms with E-state index in [1.165, 1.54) is 10.0 Å². The molecule has 2 aliphatic carbocycles. The summed E-state index contributed by atoms with van der Waals surface area (Å²) in [6.07, 6.45) is 3.65. The first-order valence-corrected chi connectivity index (χ1v) is 8.44. The largest absolute Gasteiger partial charge is 1.00 e. The third-order valence-corrected chi connectivity index (χ3v) is 5.96. The van der Waals surface area contributed by atoms with Crippen LogP contribution in [0.15, 0.2) is 10.2 Å². The molecule has 0 atom stereocenters. The summed E-state index contributed by atoms with van der Waals surface area (Å²) in [5, 5.41) is 34.3. The maximum atomic E-state index is 11.9. The van der Waals surface area contributed by atoms with Crippen LogP contribution in [0, 0.1) is 10.8 Å². The second-order valence-corrected chi connectivity index (χ2v) is 7.72. The summed E-state index contributed by atoms with van der Waals surface area (Å²) in [4.78, 5) is 1.27. The van der Waals surface area contributed by atoms with Gasteiger partial charge >= 0.3 is 103 Å². The van der Waals surface area contributed by atoms with E-state index in [1.54, 1.807) is 14.1 Å². The van der Waals surface area contributed by atoms with Gasteiger partial charge in [-0.1, -0.05) is 38.3 Å². The van der Waals surface area contributed by atoms with Crippen molar-refractivity contribution >= 4 is 46.2 Å².